The number of halogens is 5. The van der Waals surface area contributed by atoms with Crippen LogP contribution in [0, 0.1) is 29.1 Å². The second kappa shape index (κ2) is 34.2. The van der Waals surface area contributed by atoms with Gasteiger partial charge in [0.25, 0.3) is 0 Å². The highest BCUT2D eigenvalue weighted by atomic mass is 32.2. The van der Waals surface area contributed by atoms with Crippen LogP contribution in [-0.2, 0) is 96.9 Å². The van der Waals surface area contributed by atoms with E-state index in [1.165, 1.54) is 64.0 Å². The molecule has 3 saturated heterocycles. The van der Waals surface area contributed by atoms with Crippen molar-refractivity contribution in [1.29, 1.82) is 0 Å². The molecule has 100 heavy (non-hydrogen) atoms. The van der Waals surface area contributed by atoms with Gasteiger partial charge in [0.1, 0.15) is 29.0 Å². The Morgan fingerprint density at radius 2 is 0.790 bits per heavy atom. The van der Waals surface area contributed by atoms with Gasteiger partial charge in [-0.2, -0.15) is 15.3 Å². The Morgan fingerprint density at radius 1 is 0.430 bits per heavy atom. The standard InChI is InChI=1S/C27H29F3N4O3S.2C22H29FN4O3S/c28-21-7-5-19(6-8-21)17-20-3-1-2-4-23-25(11-16-38(35,36)32-33-12-14-37-15-13-33)31-34(27(20)23)26-10-9-22(29)18-24(26)30;1-26-22-18(15-17-5-4-7-19(23)16-17)6-2-3-8-20(22)21(24-26)9-14-31(28,29)25-27-10-12-30-13-11-27;1-26-22-18(16-17-6-8-19(23)9-7-17)4-2-3-5-20(22)21(24-26)10-15-31(28,29)25-27-11-13-30-14-12-27/h5-11,16,18,20,32H,1-4,12-15,17H2;4-5,7,9,14,16,18,25H,2-3,6,8,10-13,15H2,1H3;6-10,15,18,25H,2-5,11-14,16H2,1H3/b16-11+;14-9+;15-10+. The van der Waals surface area contributed by atoms with Gasteiger partial charge >= 0.3 is 0 Å². The van der Waals surface area contributed by atoms with Crippen molar-refractivity contribution < 1.29 is 61.4 Å². The minimum atomic E-state index is -3.82. The number of nitrogens with zero attached hydrogens (tertiary/aromatic N) is 9. The summed E-state index contributed by atoms with van der Waals surface area (Å²) in [7, 11) is -7.24. The van der Waals surface area contributed by atoms with Gasteiger partial charge in [-0.25, -0.2) is 66.9 Å². The minimum Gasteiger partial charge on any atom is -0.379 e. The molecule has 3 aliphatic heterocycles. The molecule has 0 saturated carbocycles. The molecule has 3 aliphatic carbocycles. The molecule has 3 aromatic heterocycles. The summed E-state index contributed by atoms with van der Waals surface area (Å²) in [5.74, 6) is -1.84. The zero-order valence-electron chi connectivity index (χ0n) is 56.3. The van der Waals surface area contributed by atoms with Crippen LogP contribution in [0.15, 0.2) is 107 Å². The number of aromatic nitrogens is 6. The fourth-order valence-electron chi connectivity index (χ4n) is 14.0. The van der Waals surface area contributed by atoms with Gasteiger partial charge in [-0.15, -0.1) is 14.5 Å². The first kappa shape index (κ1) is 74.1. The largest absolute Gasteiger partial charge is 0.379 e. The van der Waals surface area contributed by atoms with Crippen molar-refractivity contribution in [3.8, 4) is 5.69 Å². The predicted octanol–water partition coefficient (Wildman–Crippen LogP) is 9.98. The fraction of sp³-hybridized carbons (Fsp3) is 0.451. The second-order valence-corrected chi connectivity index (χ2v) is 30.6. The molecular weight excluding hydrogens is 1360 g/mol. The van der Waals surface area contributed by atoms with E-state index >= 15 is 0 Å². The maximum Gasteiger partial charge on any atom is 0.246 e. The van der Waals surface area contributed by atoms with Crippen molar-refractivity contribution in [1.82, 2.24) is 58.9 Å². The SMILES string of the molecule is Cn1nc(/C=C/S(=O)(=O)NN2CCOCC2)c2c1C(Cc1ccc(F)cc1)CCCC2.Cn1nc(/C=C/S(=O)(=O)NN2CCOCC2)c2c1C(Cc1cccc(F)c1)CCCC2.O=S(=O)(/C=C/c1nn(-c2ccc(F)cc2F)c2c1CCCCC2Cc1ccc(F)cc1)NN1CCOCC1. The normalized spacial score (nSPS) is 20.0. The van der Waals surface area contributed by atoms with E-state index in [4.69, 9.17) is 14.2 Å². The average molecular weight is 1440 g/mol. The Hall–Kier alpha value is -7.13. The third kappa shape index (κ3) is 20.4. The quantitative estimate of drug-likeness (QED) is 0.0505. The average Bonchev–Trinajstić information content (AvgIpc) is 1.62. The highest BCUT2D eigenvalue weighted by Crippen LogP contribution is 2.40. The number of hydrazine groups is 3. The molecule has 3 N–H and O–H groups in total. The summed E-state index contributed by atoms with van der Waals surface area (Å²) in [5, 5.41) is 22.2. The Bertz CT molecular complexity index is 4360. The van der Waals surface area contributed by atoms with Gasteiger partial charge in [0.2, 0.25) is 30.1 Å². The summed E-state index contributed by atoms with van der Waals surface area (Å²) >= 11 is 0. The zero-order valence-corrected chi connectivity index (χ0v) is 58.7. The molecule has 7 aromatic rings. The molecule has 538 valence electrons. The molecule has 29 heteroatoms. The first-order chi connectivity index (χ1) is 48.1. The maximum atomic E-state index is 15.0. The molecule has 0 bridgehead atoms. The molecule has 3 unspecified atom stereocenters. The van der Waals surface area contributed by atoms with Crippen LogP contribution in [0.4, 0.5) is 22.0 Å². The lowest BCUT2D eigenvalue weighted by Gasteiger charge is -2.25. The Balaban J connectivity index is 0.000000152. The molecule has 0 amide bonds. The number of fused-ring (bicyclic) bond motifs is 3. The first-order valence-corrected chi connectivity index (χ1v) is 38.8. The van der Waals surface area contributed by atoms with Crippen LogP contribution in [0.2, 0.25) is 0 Å². The summed E-state index contributed by atoms with van der Waals surface area (Å²) in [6, 6.07) is 23.0. The number of aryl methyl sites for hydroxylation is 2. The lowest BCUT2D eigenvalue weighted by atomic mass is 9.91. The number of ether oxygens (including phenoxy) is 3. The molecule has 4 aromatic carbocycles. The van der Waals surface area contributed by atoms with Crippen LogP contribution >= 0.6 is 0 Å². The molecule has 3 fully saturated rings. The number of sulfonamides is 3. The van der Waals surface area contributed by atoms with Crippen LogP contribution in [0.25, 0.3) is 23.9 Å². The van der Waals surface area contributed by atoms with Crippen LogP contribution in [0.5, 0.6) is 0 Å². The summed E-state index contributed by atoms with van der Waals surface area (Å²) in [5.41, 5.74) is 11.0. The molecule has 3 atom stereocenters. The third-order valence-corrected chi connectivity index (χ3v) is 21.7. The van der Waals surface area contributed by atoms with Gasteiger partial charge in [0, 0.05) is 121 Å². The summed E-state index contributed by atoms with van der Waals surface area (Å²) in [6.07, 6.45) is 17.9. The van der Waals surface area contributed by atoms with E-state index in [2.05, 4.69) is 29.8 Å². The van der Waals surface area contributed by atoms with E-state index in [1.54, 1.807) is 51.4 Å². The number of rotatable bonds is 19. The molecule has 0 radical (unpaired) electrons. The minimum absolute atomic E-state index is 0.0832. The van der Waals surface area contributed by atoms with Crippen LogP contribution in [-0.4, -0.2) is 149 Å². The van der Waals surface area contributed by atoms with Crippen LogP contribution in [0.3, 0.4) is 0 Å². The van der Waals surface area contributed by atoms with Gasteiger partial charge in [-0.3, -0.25) is 9.36 Å². The molecule has 13 rings (SSSR count). The molecular formula is C71H87F5N12O9S3. The predicted molar refractivity (Wildman–Crippen MR) is 372 cm³/mol. The third-order valence-electron chi connectivity index (χ3n) is 18.7. The zero-order chi connectivity index (χ0) is 70.4. The highest BCUT2D eigenvalue weighted by Gasteiger charge is 2.32. The van der Waals surface area contributed by atoms with Crippen molar-refractivity contribution in [3.05, 3.63) is 204 Å². The van der Waals surface area contributed by atoms with E-state index in [0.717, 1.165) is 145 Å². The monoisotopic (exact) mass is 1440 g/mol. The van der Waals surface area contributed by atoms with E-state index in [0.29, 0.717) is 109 Å². The smallest absolute Gasteiger partial charge is 0.246 e. The van der Waals surface area contributed by atoms with E-state index < -0.39 is 41.7 Å². The maximum absolute atomic E-state index is 15.0. The van der Waals surface area contributed by atoms with Crippen molar-refractivity contribution in [3.63, 3.8) is 0 Å². The van der Waals surface area contributed by atoms with Crippen molar-refractivity contribution in [2.45, 2.75) is 114 Å². The number of nitrogens with one attached hydrogen (secondary N) is 3. The molecule has 0 spiro atoms. The molecule has 6 heterocycles. The molecule has 6 aliphatic rings. The van der Waals surface area contributed by atoms with E-state index in [1.807, 2.05) is 41.7 Å². The lowest BCUT2D eigenvalue weighted by molar-refractivity contribution is 0.0273. The number of hydrogen-bond acceptors (Lipinski definition) is 15. The first-order valence-electron chi connectivity index (χ1n) is 34.1. The molecule has 21 nitrogen and oxygen atoms in total. The van der Waals surface area contributed by atoms with Crippen molar-refractivity contribution >= 4 is 48.3 Å². The summed E-state index contributed by atoms with van der Waals surface area (Å²) in [6.45, 7) is 5.86. The fourth-order valence-corrected chi connectivity index (χ4v) is 16.8. The second-order valence-electron chi connectivity index (χ2n) is 25.9. The van der Waals surface area contributed by atoms with Crippen LogP contribution < -0.4 is 14.5 Å². The van der Waals surface area contributed by atoms with Gasteiger partial charge in [0.15, 0.2) is 5.82 Å². The Morgan fingerprint density at radius 3 is 1.19 bits per heavy atom. The Kier molecular flexibility index (Phi) is 25.4. The van der Waals surface area contributed by atoms with Gasteiger partial charge in [-0.1, -0.05) is 55.7 Å². The van der Waals surface area contributed by atoms with Crippen molar-refractivity contribution in [2.75, 3.05) is 78.9 Å². The van der Waals surface area contributed by atoms with Crippen molar-refractivity contribution in [2.24, 2.45) is 14.1 Å². The summed E-state index contributed by atoms with van der Waals surface area (Å²) < 4.78 is 166. The number of hydrogen-bond donors (Lipinski definition) is 3. The van der Waals surface area contributed by atoms with E-state index in [9.17, 15) is 47.2 Å². The highest BCUT2D eigenvalue weighted by molar-refractivity contribution is 7.93. The topological polar surface area (TPSA) is 229 Å². The lowest BCUT2D eigenvalue weighted by Crippen LogP contribution is -2.47. The number of benzene rings is 4. The van der Waals surface area contributed by atoms with E-state index in [-0.39, 0.29) is 40.9 Å². The number of morpholine rings is 3. The summed E-state index contributed by atoms with van der Waals surface area (Å²) in [4.78, 5) is 7.69. The van der Waals surface area contributed by atoms with Gasteiger partial charge in [-0.05, 0) is 160 Å². The van der Waals surface area contributed by atoms with Gasteiger partial charge in [0.05, 0.1) is 62.4 Å². The Labute approximate surface area is 582 Å². The van der Waals surface area contributed by atoms with Crippen LogP contribution in [0.1, 0.15) is 143 Å². The van der Waals surface area contributed by atoms with Gasteiger partial charge < -0.3 is 14.2 Å².